The van der Waals surface area contributed by atoms with Crippen LogP contribution in [0.5, 0.6) is 0 Å². The number of fused-ring (bicyclic) bond motifs is 7. The van der Waals surface area contributed by atoms with Gasteiger partial charge in [0.05, 0.1) is 46.3 Å². The lowest BCUT2D eigenvalue weighted by molar-refractivity contribution is 1.16. The molecule has 7 heteroatoms. The Morgan fingerprint density at radius 1 is 0.600 bits per heavy atom. The first-order valence-electron chi connectivity index (χ1n) is 15.9. The summed E-state index contributed by atoms with van der Waals surface area (Å²) in [6.45, 7) is 8.41. The van der Waals surface area contributed by atoms with Gasteiger partial charge in [-0.25, -0.2) is 14.8 Å². The molecule has 9 rings (SSSR count). The Hall–Kier alpha value is -7.11. The molecule has 0 N–H and O–H groups in total. The molecule has 0 bridgehead atoms. The molecule has 6 aromatic carbocycles. The summed E-state index contributed by atoms with van der Waals surface area (Å²) in [5.74, 6) is 0.444. The molecule has 3 aromatic heterocycles. The summed E-state index contributed by atoms with van der Waals surface area (Å²) in [5.41, 5.74) is 6.06. The quantitative estimate of drug-likeness (QED) is 0.177. The van der Waals surface area contributed by atoms with Crippen LogP contribution in [0.1, 0.15) is 11.1 Å². The van der Waals surface area contributed by atoms with Crippen LogP contribution in [-0.4, -0.2) is 14.5 Å². The lowest BCUT2D eigenvalue weighted by atomic mass is 9.97. The SMILES string of the molecule is [C-]#[N+]c1cc(-c2nc(-c3ccccc3)nc(-c3ccccc3)c2C#N)cc(C#N)c1-n1c2ccccc2c2c3c(ccc21)sc1ccccc13. The van der Waals surface area contributed by atoms with E-state index in [1.165, 1.54) is 20.2 Å². The van der Waals surface area contributed by atoms with Gasteiger partial charge in [0.2, 0.25) is 5.69 Å². The van der Waals surface area contributed by atoms with Crippen molar-refractivity contribution in [3.8, 4) is 51.7 Å². The topological polar surface area (TPSA) is 82.7 Å². The van der Waals surface area contributed by atoms with Crippen LogP contribution in [0.3, 0.4) is 0 Å². The second-order valence-corrected chi connectivity index (χ2v) is 12.9. The summed E-state index contributed by atoms with van der Waals surface area (Å²) in [6.07, 6.45) is 0. The van der Waals surface area contributed by atoms with Crippen LogP contribution in [0.15, 0.2) is 133 Å². The smallest absolute Gasteiger partial charge is 0.212 e. The molecule has 0 unspecified atom stereocenters. The highest BCUT2D eigenvalue weighted by atomic mass is 32.1. The minimum Gasteiger partial charge on any atom is -0.318 e. The van der Waals surface area contributed by atoms with Crippen LogP contribution < -0.4 is 0 Å². The van der Waals surface area contributed by atoms with E-state index in [1.54, 1.807) is 23.5 Å². The van der Waals surface area contributed by atoms with Gasteiger partial charge in [0.15, 0.2) is 5.82 Å². The Labute approximate surface area is 290 Å². The number of nitriles is 2. The normalized spacial score (nSPS) is 11.1. The van der Waals surface area contributed by atoms with Crippen molar-refractivity contribution in [1.82, 2.24) is 14.5 Å². The predicted molar refractivity (Wildman–Crippen MR) is 201 cm³/mol. The van der Waals surface area contributed by atoms with Crippen LogP contribution in [0.4, 0.5) is 5.69 Å². The third kappa shape index (κ3) is 4.38. The van der Waals surface area contributed by atoms with Gasteiger partial charge in [-0.15, -0.1) is 11.3 Å². The van der Waals surface area contributed by atoms with Gasteiger partial charge in [0.25, 0.3) is 0 Å². The van der Waals surface area contributed by atoms with Crippen molar-refractivity contribution in [2.24, 2.45) is 0 Å². The summed E-state index contributed by atoms with van der Waals surface area (Å²) >= 11 is 1.76. The first-order valence-corrected chi connectivity index (χ1v) is 16.7. The van der Waals surface area contributed by atoms with Gasteiger partial charge in [0.1, 0.15) is 11.6 Å². The summed E-state index contributed by atoms with van der Waals surface area (Å²) in [6, 6.07) is 48.1. The molecule has 3 heterocycles. The van der Waals surface area contributed by atoms with Gasteiger partial charge in [-0.1, -0.05) is 97.1 Å². The van der Waals surface area contributed by atoms with Crippen molar-refractivity contribution < 1.29 is 0 Å². The van der Waals surface area contributed by atoms with E-state index in [4.69, 9.17) is 16.5 Å². The standard InChI is InChI=1S/C43H22N6S/c1-46-33-23-28(41-32(25-45)40(26-12-4-2-5-13-26)47-43(48-41)27-14-6-3-7-15-27)22-29(24-44)42(33)49-34-18-10-8-16-30(34)38-35(49)20-21-37-39(38)31-17-9-11-19-36(31)50-37/h2-23H. The van der Waals surface area contributed by atoms with E-state index in [0.717, 1.165) is 32.9 Å². The number of hydrogen-bond acceptors (Lipinski definition) is 5. The minimum absolute atomic E-state index is 0.270. The maximum Gasteiger partial charge on any atom is 0.212 e. The lowest BCUT2D eigenvalue weighted by Gasteiger charge is -2.16. The maximum absolute atomic E-state index is 10.8. The summed E-state index contributed by atoms with van der Waals surface area (Å²) in [5, 5.41) is 25.8. The van der Waals surface area contributed by atoms with Gasteiger partial charge in [-0.3, -0.25) is 0 Å². The van der Waals surface area contributed by atoms with Crippen molar-refractivity contribution in [3.63, 3.8) is 0 Å². The number of benzene rings is 6. The zero-order valence-corrected chi connectivity index (χ0v) is 27.1. The number of nitrogens with zero attached hydrogens (tertiary/aromatic N) is 6. The van der Waals surface area contributed by atoms with E-state index in [-0.39, 0.29) is 11.3 Å². The molecular weight excluding hydrogens is 633 g/mol. The van der Waals surface area contributed by atoms with Crippen molar-refractivity contribution in [2.45, 2.75) is 0 Å². The van der Waals surface area contributed by atoms with E-state index in [0.29, 0.717) is 34.0 Å². The molecule has 0 atom stereocenters. The van der Waals surface area contributed by atoms with Crippen molar-refractivity contribution in [3.05, 3.63) is 156 Å². The largest absolute Gasteiger partial charge is 0.318 e. The molecule has 0 spiro atoms. The fraction of sp³-hybridized carbons (Fsp3) is 0. The molecule has 0 fully saturated rings. The third-order valence-corrected chi connectivity index (χ3v) is 10.2. The van der Waals surface area contributed by atoms with Crippen molar-refractivity contribution >= 4 is 59.0 Å². The van der Waals surface area contributed by atoms with Gasteiger partial charge >= 0.3 is 0 Å². The molecule has 0 radical (unpaired) electrons. The van der Waals surface area contributed by atoms with Crippen LogP contribution in [0.25, 0.3) is 86.4 Å². The summed E-state index contributed by atoms with van der Waals surface area (Å²) in [7, 11) is 0. The molecule has 230 valence electrons. The Bertz CT molecular complexity index is 2920. The number of aromatic nitrogens is 3. The van der Waals surface area contributed by atoms with Crippen LogP contribution in [-0.2, 0) is 0 Å². The second-order valence-electron chi connectivity index (χ2n) is 11.9. The van der Waals surface area contributed by atoms with Gasteiger partial charge in [-0.2, -0.15) is 10.5 Å². The third-order valence-electron chi connectivity index (χ3n) is 9.10. The fourth-order valence-electron chi connectivity index (χ4n) is 6.97. The van der Waals surface area contributed by atoms with E-state index in [1.807, 2.05) is 83.4 Å². The Kier molecular flexibility index (Phi) is 6.71. The van der Waals surface area contributed by atoms with E-state index in [2.05, 4.69) is 59.4 Å². The fourth-order valence-corrected chi connectivity index (χ4v) is 8.09. The molecule has 9 aromatic rings. The predicted octanol–water partition coefficient (Wildman–Crippen LogP) is 11.2. The highest BCUT2D eigenvalue weighted by molar-refractivity contribution is 7.26. The van der Waals surface area contributed by atoms with Crippen LogP contribution >= 0.6 is 11.3 Å². The van der Waals surface area contributed by atoms with E-state index >= 15 is 0 Å². The molecule has 0 aliphatic rings. The maximum atomic E-state index is 10.8. The molecule has 6 nitrogen and oxygen atoms in total. The monoisotopic (exact) mass is 654 g/mol. The van der Waals surface area contributed by atoms with Gasteiger partial charge in [0, 0.05) is 42.1 Å². The number of para-hydroxylation sites is 1. The minimum atomic E-state index is 0.270. The molecule has 0 saturated carbocycles. The second kappa shape index (κ2) is 11.5. The average Bonchev–Trinajstić information content (AvgIpc) is 3.73. The molecule has 50 heavy (non-hydrogen) atoms. The van der Waals surface area contributed by atoms with E-state index < -0.39 is 0 Å². The lowest BCUT2D eigenvalue weighted by Crippen LogP contribution is -2.03. The number of thiophene rings is 1. The van der Waals surface area contributed by atoms with Crippen molar-refractivity contribution in [2.75, 3.05) is 0 Å². The Morgan fingerprint density at radius 2 is 1.26 bits per heavy atom. The molecule has 0 amide bonds. The average molecular weight is 655 g/mol. The zero-order chi connectivity index (χ0) is 33.8. The highest BCUT2D eigenvalue weighted by Gasteiger charge is 2.24. The Balaban J connectivity index is 1.35. The van der Waals surface area contributed by atoms with Crippen LogP contribution in [0.2, 0.25) is 0 Å². The Morgan fingerprint density at radius 3 is 1.98 bits per heavy atom. The van der Waals surface area contributed by atoms with Crippen LogP contribution in [0, 0.1) is 29.2 Å². The highest BCUT2D eigenvalue weighted by Crippen LogP contribution is 2.45. The molecule has 0 saturated heterocycles. The first-order chi connectivity index (χ1) is 24.7. The first kappa shape index (κ1) is 29.1. The molecule has 0 aliphatic carbocycles. The number of rotatable bonds is 4. The molecule has 0 aliphatic heterocycles. The summed E-state index contributed by atoms with van der Waals surface area (Å²) < 4.78 is 4.43. The summed E-state index contributed by atoms with van der Waals surface area (Å²) in [4.78, 5) is 13.8. The zero-order valence-electron chi connectivity index (χ0n) is 26.3. The van der Waals surface area contributed by atoms with E-state index in [9.17, 15) is 10.5 Å². The van der Waals surface area contributed by atoms with Gasteiger partial charge < -0.3 is 4.57 Å². The molecular formula is C43H22N6S. The van der Waals surface area contributed by atoms with Gasteiger partial charge in [-0.05, 0) is 42.0 Å². The van der Waals surface area contributed by atoms with Crippen molar-refractivity contribution in [1.29, 1.82) is 10.5 Å². The number of hydrogen-bond donors (Lipinski definition) is 0.